The molecule has 116 valence electrons. The predicted molar refractivity (Wildman–Crippen MR) is 84.0 cm³/mol. The molecule has 1 aliphatic heterocycles. The molecule has 1 saturated heterocycles. The molecule has 5 heteroatoms. The molecule has 22 heavy (non-hydrogen) atoms. The van der Waals surface area contributed by atoms with E-state index in [0.717, 1.165) is 16.5 Å². The number of rotatable bonds is 2. The molecular formula is C17H20N2O3. The Morgan fingerprint density at radius 3 is 2.68 bits per heavy atom. The van der Waals surface area contributed by atoms with Gasteiger partial charge in [-0.25, -0.2) is 0 Å². The molecule has 1 fully saturated rings. The maximum Gasteiger partial charge on any atom is 0.311 e. The second kappa shape index (κ2) is 4.87. The summed E-state index contributed by atoms with van der Waals surface area (Å²) in [6.45, 7) is 6.52. The number of likely N-dealkylation sites (tertiary alicyclic amines) is 1. The maximum absolute atomic E-state index is 12.6. The maximum atomic E-state index is 12.6. The van der Waals surface area contributed by atoms with Crippen molar-refractivity contribution in [2.75, 3.05) is 13.1 Å². The molecule has 1 aromatic carbocycles. The number of hydrogen-bond donors (Lipinski definition) is 2. The lowest BCUT2D eigenvalue weighted by molar-refractivity contribution is -0.147. The standard InChI is InChI=1S/C17H20N2O3/c1-10-4-5-13-12(11(10)2)8-14(18-13)15(20)19-7-6-17(3,9-19)16(21)22/h4-5,8,18H,6-7,9H2,1-3H3,(H,21,22). The third-order valence-electron chi connectivity index (χ3n) is 4.85. The number of carboxylic acids is 1. The second-order valence-corrected chi connectivity index (χ2v) is 6.49. The van der Waals surface area contributed by atoms with Crippen molar-refractivity contribution in [3.63, 3.8) is 0 Å². The van der Waals surface area contributed by atoms with Crippen molar-refractivity contribution in [3.05, 3.63) is 35.0 Å². The van der Waals surface area contributed by atoms with Crippen molar-refractivity contribution in [1.82, 2.24) is 9.88 Å². The van der Waals surface area contributed by atoms with E-state index in [2.05, 4.69) is 4.98 Å². The van der Waals surface area contributed by atoms with E-state index in [4.69, 9.17) is 0 Å². The topological polar surface area (TPSA) is 73.4 Å². The number of hydrogen-bond acceptors (Lipinski definition) is 2. The number of aromatic nitrogens is 1. The predicted octanol–water partition coefficient (Wildman–Crippen LogP) is 2.72. The van der Waals surface area contributed by atoms with Crippen molar-refractivity contribution < 1.29 is 14.7 Å². The van der Waals surface area contributed by atoms with Crippen LogP contribution in [-0.2, 0) is 4.79 Å². The van der Waals surface area contributed by atoms with E-state index in [-0.39, 0.29) is 12.5 Å². The fraction of sp³-hybridized carbons (Fsp3) is 0.412. The first-order valence-electron chi connectivity index (χ1n) is 7.43. The molecule has 0 radical (unpaired) electrons. The van der Waals surface area contributed by atoms with Crippen LogP contribution in [0.15, 0.2) is 18.2 Å². The van der Waals surface area contributed by atoms with Gasteiger partial charge in [0.05, 0.1) is 5.41 Å². The van der Waals surface area contributed by atoms with Crippen molar-refractivity contribution in [1.29, 1.82) is 0 Å². The summed E-state index contributed by atoms with van der Waals surface area (Å²) in [7, 11) is 0. The van der Waals surface area contributed by atoms with Crippen LogP contribution < -0.4 is 0 Å². The number of nitrogens with one attached hydrogen (secondary N) is 1. The van der Waals surface area contributed by atoms with Gasteiger partial charge in [0, 0.05) is 24.0 Å². The minimum atomic E-state index is -0.842. The molecule has 1 aliphatic rings. The highest BCUT2D eigenvalue weighted by Crippen LogP contribution is 2.31. The lowest BCUT2D eigenvalue weighted by Crippen LogP contribution is -2.35. The van der Waals surface area contributed by atoms with Gasteiger partial charge in [0.1, 0.15) is 5.69 Å². The van der Waals surface area contributed by atoms with E-state index in [9.17, 15) is 14.7 Å². The van der Waals surface area contributed by atoms with E-state index in [1.807, 2.05) is 32.0 Å². The lowest BCUT2D eigenvalue weighted by atomic mass is 9.90. The molecule has 0 aliphatic carbocycles. The summed E-state index contributed by atoms with van der Waals surface area (Å²) in [4.78, 5) is 28.7. The van der Waals surface area contributed by atoms with Crippen molar-refractivity contribution in [2.45, 2.75) is 27.2 Å². The van der Waals surface area contributed by atoms with Gasteiger partial charge in [-0.3, -0.25) is 9.59 Å². The minimum Gasteiger partial charge on any atom is -0.481 e. The number of nitrogens with zero attached hydrogens (tertiary/aromatic N) is 1. The van der Waals surface area contributed by atoms with Gasteiger partial charge in [0.25, 0.3) is 5.91 Å². The van der Waals surface area contributed by atoms with E-state index < -0.39 is 11.4 Å². The molecule has 3 rings (SSSR count). The number of carbonyl (C=O) groups excluding carboxylic acids is 1. The van der Waals surface area contributed by atoms with Gasteiger partial charge in [-0.15, -0.1) is 0 Å². The number of aryl methyl sites for hydroxylation is 2. The Balaban J connectivity index is 1.91. The molecule has 1 atom stereocenters. The zero-order valence-electron chi connectivity index (χ0n) is 13.1. The number of benzene rings is 1. The average Bonchev–Trinajstić information content (AvgIpc) is 3.07. The number of amides is 1. The average molecular weight is 300 g/mol. The molecule has 0 saturated carbocycles. The van der Waals surface area contributed by atoms with E-state index in [0.29, 0.717) is 18.7 Å². The van der Waals surface area contributed by atoms with Crippen LogP contribution in [0.3, 0.4) is 0 Å². The normalized spacial score (nSPS) is 21.5. The second-order valence-electron chi connectivity index (χ2n) is 6.49. The molecule has 0 bridgehead atoms. The molecule has 1 amide bonds. The first-order valence-corrected chi connectivity index (χ1v) is 7.43. The highest BCUT2D eigenvalue weighted by atomic mass is 16.4. The number of fused-ring (bicyclic) bond motifs is 1. The molecule has 0 spiro atoms. The molecule has 2 aromatic rings. The summed E-state index contributed by atoms with van der Waals surface area (Å²) < 4.78 is 0. The Bertz CT molecular complexity index is 778. The Labute approximate surface area is 128 Å². The monoisotopic (exact) mass is 300 g/mol. The smallest absolute Gasteiger partial charge is 0.311 e. The Kier molecular flexibility index (Phi) is 3.24. The first-order chi connectivity index (χ1) is 10.3. The zero-order chi connectivity index (χ0) is 16.1. The van der Waals surface area contributed by atoms with Crippen LogP contribution in [0.25, 0.3) is 10.9 Å². The summed E-state index contributed by atoms with van der Waals surface area (Å²) >= 11 is 0. The number of H-pyrrole nitrogens is 1. The quantitative estimate of drug-likeness (QED) is 0.895. The van der Waals surface area contributed by atoms with Crippen molar-refractivity contribution in [2.24, 2.45) is 5.41 Å². The summed E-state index contributed by atoms with van der Waals surface area (Å²) in [6, 6.07) is 5.87. The number of aliphatic carboxylic acids is 1. The van der Waals surface area contributed by atoms with Gasteiger partial charge in [-0.1, -0.05) is 6.07 Å². The van der Waals surface area contributed by atoms with E-state index in [1.165, 1.54) is 5.56 Å². The van der Waals surface area contributed by atoms with Gasteiger partial charge in [0.2, 0.25) is 0 Å². The van der Waals surface area contributed by atoms with Crippen LogP contribution in [0, 0.1) is 19.3 Å². The Hall–Kier alpha value is -2.30. The van der Waals surface area contributed by atoms with Crippen LogP contribution in [0.1, 0.15) is 35.0 Å². The van der Waals surface area contributed by atoms with E-state index in [1.54, 1.807) is 11.8 Å². The molecule has 2 heterocycles. The summed E-state index contributed by atoms with van der Waals surface area (Å²) in [5.41, 5.74) is 2.97. The highest BCUT2D eigenvalue weighted by molar-refractivity contribution is 5.99. The van der Waals surface area contributed by atoms with Crippen molar-refractivity contribution in [3.8, 4) is 0 Å². The number of carbonyl (C=O) groups is 2. The number of aromatic amines is 1. The molecule has 1 unspecified atom stereocenters. The fourth-order valence-electron chi connectivity index (χ4n) is 3.05. The first kappa shape index (κ1) is 14.6. The largest absolute Gasteiger partial charge is 0.481 e. The highest BCUT2D eigenvalue weighted by Gasteiger charge is 2.42. The molecular weight excluding hydrogens is 280 g/mol. The van der Waals surface area contributed by atoms with Gasteiger partial charge < -0.3 is 15.0 Å². The SMILES string of the molecule is Cc1ccc2[nH]c(C(=O)N3CCC(C)(C(=O)O)C3)cc2c1C. The minimum absolute atomic E-state index is 0.127. The van der Waals surface area contributed by atoms with Gasteiger partial charge in [-0.2, -0.15) is 0 Å². The lowest BCUT2D eigenvalue weighted by Gasteiger charge is -2.19. The Morgan fingerprint density at radius 2 is 2.05 bits per heavy atom. The van der Waals surface area contributed by atoms with Gasteiger partial charge in [-0.05, 0) is 50.5 Å². The zero-order valence-corrected chi connectivity index (χ0v) is 13.1. The summed E-state index contributed by atoms with van der Waals surface area (Å²) in [5, 5.41) is 10.3. The van der Waals surface area contributed by atoms with Crippen LogP contribution in [0.4, 0.5) is 0 Å². The van der Waals surface area contributed by atoms with E-state index >= 15 is 0 Å². The third kappa shape index (κ3) is 2.17. The van der Waals surface area contributed by atoms with Gasteiger partial charge in [0.15, 0.2) is 0 Å². The van der Waals surface area contributed by atoms with Crippen LogP contribution in [0.2, 0.25) is 0 Å². The molecule has 2 N–H and O–H groups in total. The Morgan fingerprint density at radius 1 is 1.32 bits per heavy atom. The van der Waals surface area contributed by atoms with Crippen LogP contribution >= 0.6 is 0 Å². The summed E-state index contributed by atoms with van der Waals surface area (Å²) in [6.07, 6.45) is 0.492. The summed E-state index contributed by atoms with van der Waals surface area (Å²) in [5.74, 6) is -0.968. The van der Waals surface area contributed by atoms with Crippen molar-refractivity contribution >= 4 is 22.8 Å². The van der Waals surface area contributed by atoms with Crippen LogP contribution in [-0.4, -0.2) is 40.0 Å². The molecule has 5 nitrogen and oxygen atoms in total. The fourth-order valence-corrected chi connectivity index (χ4v) is 3.05. The van der Waals surface area contributed by atoms with Crippen LogP contribution in [0.5, 0.6) is 0 Å². The van der Waals surface area contributed by atoms with Gasteiger partial charge >= 0.3 is 5.97 Å². The molecule has 1 aromatic heterocycles. The third-order valence-corrected chi connectivity index (χ3v) is 4.85. The number of carboxylic acid groups (broad SMARTS) is 1.